The number of hydrogen-bond acceptors (Lipinski definition) is 3. The van der Waals surface area contributed by atoms with Gasteiger partial charge in [0.1, 0.15) is 0 Å². The van der Waals surface area contributed by atoms with Gasteiger partial charge in [-0.1, -0.05) is 0 Å². The SMILES string of the molecule is CC(N)CN1CCN(C2CC2)C(=O)C1=O. The first-order valence-electron chi connectivity index (χ1n) is 5.45. The summed E-state index contributed by atoms with van der Waals surface area (Å²) in [4.78, 5) is 26.6. The normalized spacial score (nSPS) is 24.7. The largest absolute Gasteiger partial charge is 0.331 e. The van der Waals surface area contributed by atoms with E-state index in [-0.39, 0.29) is 17.9 Å². The van der Waals surface area contributed by atoms with Crippen molar-refractivity contribution < 1.29 is 9.59 Å². The fraction of sp³-hybridized carbons (Fsp3) is 0.800. The molecule has 2 N–H and O–H groups in total. The Morgan fingerprint density at radius 2 is 2.00 bits per heavy atom. The van der Waals surface area contributed by atoms with Gasteiger partial charge < -0.3 is 15.5 Å². The van der Waals surface area contributed by atoms with Crippen molar-refractivity contribution in [2.45, 2.75) is 31.8 Å². The Labute approximate surface area is 89.2 Å². The second kappa shape index (κ2) is 3.81. The number of amides is 2. The van der Waals surface area contributed by atoms with Crippen molar-refractivity contribution in [3.8, 4) is 0 Å². The van der Waals surface area contributed by atoms with Crippen LogP contribution in [0.15, 0.2) is 0 Å². The molecule has 1 unspecified atom stereocenters. The van der Waals surface area contributed by atoms with Gasteiger partial charge in [0.05, 0.1) is 0 Å². The van der Waals surface area contributed by atoms with Crippen LogP contribution in [-0.4, -0.2) is 53.3 Å². The van der Waals surface area contributed by atoms with E-state index in [1.807, 2.05) is 6.92 Å². The highest BCUT2D eigenvalue weighted by Crippen LogP contribution is 2.28. The van der Waals surface area contributed by atoms with Gasteiger partial charge in [-0.25, -0.2) is 0 Å². The fourth-order valence-electron chi connectivity index (χ4n) is 1.95. The van der Waals surface area contributed by atoms with Gasteiger partial charge >= 0.3 is 11.8 Å². The average Bonchev–Trinajstić information content (AvgIpc) is 2.96. The maximum absolute atomic E-state index is 11.7. The van der Waals surface area contributed by atoms with Crippen LogP contribution in [0.4, 0.5) is 0 Å². The summed E-state index contributed by atoms with van der Waals surface area (Å²) in [5.74, 6) is -0.727. The monoisotopic (exact) mass is 211 g/mol. The molecule has 0 aromatic heterocycles. The molecule has 1 saturated carbocycles. The van der Waals surface area contributed by atoms with E-state index >= 15 is 0 Å². The van der Waals surface area contributed by atoms with E-state index in [4.69, 9.17) is 5.73 Å². The first kappa shape index (κ1) is 10.4. The Hall–Kier alpha value is -1.10. The molecule has 5 nitrogen and oxygen atoms in total. The van der Waals surface area contributed by atoms with Gasteiger partial charge in [-0.2, -0.15) is 0 Å². The topological polar surface area (TPSA) is 66.6 Å². The molecular formula is C10H17N3O2. The summed E-state index contributed by atoms with van der Waals surface area (Å²) in [6, 6.07) is 0.258. The average molecular weight is 211 g/mol. The van der Waals surface area contributed by atoms with Crippen molar-refractivity contribution in [3.63, 3.8) is 0 Å². The lowest BCUT2D eigenvalue weighted by atomic mass is 10.2. The first-order valence-corrected chi connectivity index (χ1v) is 5.45. The van der Waals surface area contributed by atoms with Crippen molar-refractivity contribution in [3.05, 3.63) is 0 Å². The van der Waals surface area contributed by atoms with Crippen LogP contribution in [0.5, 0.6) is 0 Å². The number of nitrogens with zero attached hydrogens (tertiary/aromatic N) is 2. The Bertz CT molecular complexity index is 286. The zero-order valence-electron chi connectivity index (χ0n) is 8.98. The Balaban J connectivity index is 1.97. The molecule has 1 aliphatic heterocycles. The minimum atomic E-state index is -0.384. The lowest BCUT2D eigenvalue weighted by Gasteiger charge is -2.34. The molecule has 1 aliphatic carbocycles. The van der Waals surface area contributed by atoms with E-state index < -0.39 is 0 Å². The summed E-state index contributed by atoms with van der Waals surface area (Å²) in [5, 5.41) is 0. The van der Waals surface area contributed by atoms with Crippen LogP contribution < -0.4 is 5.73 Å². The summed E-state index contributed by atoms with van der Waals surface area (Å²) >= 11 is 0. The molecule has 5 heteroatoms. The van der Waals surface area contributed by atoms with E-state index in [2.05, 4.69) is 0 Å². The summed E-state index contributed by atoms with van der Waals surface area (Å²) in [6.07, 6.45) is 2.10. The van der Waals surface area contributed by atoms with Gasteiger partial charge in [-0.3, -0.25) is 9.59 Å². The molecule has 2 fully saturated rings. The molecule has 1 atom stereocenters. The first-order chi connectivity index (χ1) is 7.09. The predicted molar refractivity (Wildman–Crippen MR) is 55.0 cm³/mol. The molecule has 1 heterocycles. The molecule has 1 saturated heterocycles. The number of piperazine rings is 1. The molecule has 0 bridgehead atoms. The molecule has 0 aromatic rings. The lowest BCUT2D eigenvalue weighted by Crippen LogP contribution is -2.56. The quantitative estimate of drug-likeness (QED) is 0.619. The number of nitrogens with two attached hydrogens (primary N) is 1. The van der Waals surface area contributed by atoms with Crippen LogP contribution in [0, 0.1) is 0 Å². The number of rotatable bonds is 3. The zero-order valence-corrected chi connectivity index (χ0v) is 8.98. The minimum absolute atomic E-state index is 0.0748. The van der Waals surface area contributed by atoms with Crippen molar-refractivity contribution in [2.24, 2.45) is 5.73 Å². The summed E-state index contributed by atoms with van der Waals surface area (Å²) < 4.78 is 0. The van der Waals surface area contributed by atoms with Gasteiger partial charge in [0.25, 0.3) is 0 Å². The molecule has 0 radical (unpaired) electrons. The zero-order chi connectivity index (χ0) is 11.0. The third-order valence-electron chi connectivity index (χ3n) is 2.84. The van der Waals surface area contributed by atoms with E-state index in [1.54, 1.807) is 9.80 Å². The van der Waals surface area contributed by atoms with E-state index in [9.17, 15) is 9.59 Å². The van der Waals surface area contributed by atoms with Crippen molar-refractivity contribution in [1.29, 1.82) is 0 Å². The van der Waals surface area contributed by atoms with Gasteiger partial charge in [0.15, 0.2) is 0 Å². The van der Waals surface area contributed by atoms with Crippen LogP contribution >= 0.6 is 0 Å². The fourth-order valence-corrected chi connectivity index (χ4v) is 1.95. The second-order valence-corrected chi connectivity index (χ2v) is 4.46. The summed E-state index contributed by atoms with van der Waals surface area (Å²) in [7, 11) is 0. The van der Waals surface area contributed by atoms with Gasteiger partial charge in [-0.05, 0) is 19.8 Å². The smallest absolute Gasteiger partial charge is 0.312 e. The van der Waals surface area contributed by atoms with E-state index in [1.165, 1.54) is 0 Å². The second-order valence-electron chi connectivity index (χ2n) is 4.46. The van der Waals surface area contributed by atoms with Crippen LogP contribution in [0.3, 0.4) is 0 Å². The number of carbonyl (C=O) groups is 2. The molecule has 2 rings (SSSR count). The Kier molecular flexibility index (Phi) is 2.65. The van der Waals surface area contributed by atoms with Crippen molar-refractivity contribution in [1.82, 2.24) is 9.80 Å². The van der Waals surface area contributed by atoms with Gasteiger partial charge in [-0.15, -0.1) is 0 Å². The Morgan fingerprint density at radius 1 is 1.33 bits per heavy atom. The van der Waals surface area contributed by atoms with Crippen LogP contribution in [0.2, 0.25) is 0 Å². The summed E-state index contributed by atoms with van der Waals surface area (Å²) in [6.45, 7) is 3.61. The third kappa shape index (κ3) is 2.12. The molecule has 84 valence electrons. The molecule has 15 heavy (non-hydrogen) atoms. The highest BCUT2D eigenvalue weighted by atomic mass is 16.2. The maximum Gasteiger partial charge on any atom is 0.312 e. The molecular weight excluding hydrogens is 194 g/mol. The van der Waals surface area contributed by atoms with Gasteiger partial charge in [0.2, 0.25) is 0 Å². The lowest BCUT2D eigenvalue weighted by molar-refractivity contribution is -0.156. The van der Waals surface area contributed by atoms with E-state index in [0.717, 1.165) is 12.8 Å². The van der Waals surface area contributed by atoms with E-state index in [0.29, 0.717) is 25.7 Å². The van der Waals surface area contributed by atoms with Crippen molar-refractivity contribution >= 4 is 11.8 Å². The highest BCUT2D eigenvalue weighted by Gasteiger charge is 2.40. The van der Waals surface area contributed by atoms with Crippen LogP contribution in [0.1, 0.15) is 19.8 Å². The predicted octanol–water partition coefficient (Wildman–Crippen LogP) is -0.833. The third-order valence-corrected chi connectivity index (χ3v) is 2.84. The maximum atomic E-state index is 11.7. The molecule has 2 amide bonds. The molecule has 0 aromatic carbocycles. The highest BCUT2D eigenvalue weighted by molar-refractivity contribution is 6.35. The van der Waals surface area contributed by atoms with Crippen molar-refractivity contribution in [2.75, 3.05) is 19.6 Å². The summed E-state index contributed by atoms with van der Waals surface area (Å²) in [5.41, 5.74) is 5.62. The number of hydrogen-bond donors (Lipinski definition) is 1. The Morgan fingerprint density at radius 3 is 2.53 bits per heavy atom. The molecule has 2 aliphatic rings. The van der Waals surface area contributed by atoms with Crippen LogP contribution in [0.25, 0.3) is 0 Å². The van der Waals surface area contributed by atoms with Crippen LogP contribution in [-0.2, 0) is 9.59 Å². The minimum Gasteiger partial charge on any atom is -0.331 e. The number of carbonyl (C=O) groups excluding carboxylic acids is 2. The van der Waals surface area contributed by atoms with Gasteiger partial charge in [0, 0.05) is 31.7 Å². The molecule has 0 spiro atoms. The standard InChI is InChI=1S/C10H17N3O2/c1-7(11)6-12-4-5-13(8-2-3-8)10(15)9(12)14/h7-8H,2-6,11H2,1H3.